The lowest BCUT2D eigenvalue weighted by molar-refractivity contribution is 0.102. The van der Waals surface area contributed by atoms with E-state index in [-0.39, 0.29) is 5.91 Å². The predicted octanol–water partition coefficient (Wildman–Crippen LogP) is 4.08. The van der Waals surface area contributed by atoms with Crippen LogP contribution in [0.25, 0.3) is 0 Å². The molecule has 1 fully saturated rings. The van der Waals surface area contributed by atoms with E-state index in [1.165, 1.54) is 0 Å². The first-order valence-corrected chi connectivity index (χ1v) is 8.86. The lowest BCUT2D eigenvalue weighted by Crippen LogP contribution is -2.26. The van der Waals surface area contributed by atoms with Gasteiger partial charge < -0.3 is 19.7 Å². The van der Waals surface area contributed by atoms with Gasteiger partial charge in [-0.2, -0.15) is 0 Å². The minimum atomic E-state index is -0.152. The Bertz CT molecular complexity index is 718. The molecule has 3 rings (SSSR count). The Morgan fingerprint density at radius 2 is 2.04 bits per heavy atom. The Morgan fingerprint density at radius 3 is 2.71 bits per heavy atom. The van der Waals surface area contributed by atoms with E-state index in [1.54, 1.807) is 37.2 Å². The van der Waals surface area contributed by atoms with E-state index in [0.717, 1.165) is 24.5 Å². The molecule has 0 radical (unpaired) electrons. The zero-order chi connectivity index (χ0) is 16.9. The van der Waals surface area contributed by atoms with Gasteiger partial charge in [0.25, 0.3) is 5.91 Å². The summed E-state index contributed by atoms with van der Waals surface area (Å²) in [7, 11) is 1.79. The van der Waals surface area contributed by atoms with Crippen LogP contribution in [0.4, 0.5) is 17.1 Å². The summed E-state index contributed by atoms with van der Waals surface area (Å²) in [5.41, 5.74) is 3.15. The molecule has 2 aromatic rings. The number of nitrogens with zero attached hydrogens (tertiary/aromatic N) is 1. The number of carbonyl (C=O) groups excluding carboxylic acids is 1. The fourth-order valence-electron chi connectivity index (χ4n) is 2.35. The van der Waals surface area contributed by atoms with Gasteiger partial charge in [0.05, 0.1) is 23.9 Å². The molecule has 1 aliphatic heterocycles. The molecule has 0 bridgehead atoms. The lowest BCUT2D eigenvalue weighted by atomic mass is 10.2. The highest BCUT2D eigenvalue weighted by Gasteiger charge is 2.13. The topological polar surface area (TPSA) is 53.6 Å². The second-order valence-corrected chi connectivity index (χ2v) is 6.54. The number of benzene rings is 2. The normalized spacial score (nSPS) is 14.3. The van der Waals surface area contributed by atoms with Crippen molar-refractivity contribution in [3.05, 3.63) is 53.1 Å². The number of rotatable bonds is 4. The molecular weight excluding hydrogens is 346 g/mol. The summed E-state index contributed by atoms with van der Waals surface area (Å²) in [6.07, 6.45) is 0. The van der Waals surface area contributed by atoms with Crippen LogP contribution in [0.2, 0.25) is 5.02 Å². The van der Waals surface area contributed by atoms with Crippen molar-refractivity contribution in [2.45, 2.75) is 0 Å². The van der Waals surface area contributed by atoms with E-state index in [0.29, 0.717) is 22.2 Å². The van der Waals surface area contributed by atoms with E-state index in [2.05, 4.69) is 14.9 Å². The third-order valence-corrected chi connectivity index (χ3v) is 4.95. The Hall–Kier alpha value is -1.89. The molecule has 1 amide bonds. The molecule has 1 heterocycles. The fraction of sp³-hybridized carbons (Fsp3) is 0.235. The number of nitrogens with one attached hydrogen (secondary N) is 2. The summed E-state index contributed by atoms with van der Waals surface area (Å²) in [5.74, 6) is 0.507. The van der Waals surface area contributed by atoms with Crippen molar-refractivity contribution in [3.63, 3.8) is 0 Å². The zero-order valence-electron chi connectivity index (χ0n) is 13.2. The minimum absolute atomic E-state index is 0.152. The van der Waals surface area contributed by atoms with Crippen molar-refractivity contribution in [1.82, 2.24) is 0 Å². The Labute approximate surface area is 150 Å². The summed E-state index contributed by atoms with van der Waals surface area (Å²) in [6.45, 7) is 1.56. The molecule has 2 N–H and O–H groups in total. The molecule has 126 valence electrons. The van der Waals surface area contributed by atoms with Crippen molar-refractivity contribution in [3.8, 4) is 0 Å². The van der Waals surface area contributed by atoms with E-state index in [4.69, 9.17) is 16.3 Å². The molecule has 0 atom stereocenters. The number of hydrogen-bond acceptors (Lipinski definition) is 5. The van der Waals surface area contributed by atoms with Crippen LogP contribution in [0.15, 0.2) is 42.5 Å². The standard InChI is InChI=1S/C17H18ClN3O2S/c1-19-16-10-13(4-7-15(16)18)20-17(22)12-2-5-14(6-3-12)21-8-9-23-11-24-21/h2-7,10,19H,8-9,11H2,1H3,(H,20,22). The van der Waals surface area contributed by atoms with Crippen LogP contribution in [0.5, 0.6) is 0 Å². The molecule has 5 nitrogen and oxygen atoms in total. The maximum atomic E-state index is 12.4. The van der Waals surface area contributed by atoms with Crippen LogP contribution in [0.1, 0.15) is 10.4 Å². The van der Waals surface area contributed by atoms with E-state index in [9.17, 15) is 4.79 Å². The summed E-state index contributed by atoms with van der Waals surface area (Å²) in [4.78, 5) is 12.4. The van der Waals surface area contributed by atoms with Gasteiger partial charge in [0.2, 0.25) is 0 Å². The van der Waals surface area contributed by atoms with Crippen molar-refractivity contribution in [1.29, 1.82) is 0 Å². The number of halogens is 1. The zero-order valence-corrected chi connectivity index (χ0v) is 14.8. The second-order valence-electron chi connectivity index (χ2n) is 5.20. The number of carbonyl (C=O) groups is 1. The largest absolute Gasteiger partial charge is 0.387 e. The maximum absolute atomic E-state index is 12.4. The third kappa shape index (κ3) is 3.95. The van der Waals surface area contributed by atoms with Gasteiger partial charge in [0.1, 0.15) is 5.94 Å². The summed E-state index contributed by atoms with van der Waals surface area (Å²) >= 11 is 7.68. The first kappa shape index (κ1) is 17.0. The number of ether oxygens (including phenoxy) is 1. The molecule has 0 aliphatic carbocycles. The summed E-state index contributed by atoms with van der Waals surface area (Å²) in [5, 5.41) is 6.49. The molecule has 1 aliphatic rings. The number of anilines is 3. The van der Waals surface area contributed by atoms with E-state index in [1.807, 2.05) is 24.3 Å². The Balaban J connectivity index is 1.68. The van der Waals surface area contributed by atoms with Crippen molar-refractivity contribution >= 4 is 46.5 Å². The predicted molar refractivity (Wildman–Crippen MR) is 101 cm³/mol. The van der Waals surface area contributed by atoms with Crippen LogP contribution >= 0.6 is 23.5 Å². The fourth-order valence-corrected chi connectivity index (χ4v) is 3.36. The van der Waals surface area contributed by atoms with Gasteiger partial charge in [-0.15, -0.1) is 0 Å². The first-order valence-electron chi connectivity index (χ1n) is 7.54. The SMILES string of the molecule is CNc1cc(NC(=O)c2ccc(N3CCOCS3)cc2)ccc1Cl. The smallest absolute Gasteiger partial charge is 0.255 e. The monoisotopic (exact) mass is 363 g/mol. The van der Waals surface area contributed by atoms with Gasteiger partial charge in [0, 0.05) is 24.0 Å². The highest BCUT2D eigenvalue weighted by atomic mass is 35.5. The lowest BCUT2D eigenvalue weighted by Gasteiger charge is -2.27. The van der Waals surface area contributed by atoms with Gasteiger partial charge in [-0.05, 0) is 54.4 Å². The average molecular weight is 364 g/mol. The molecule has 1 saturated heterocycles. The van der Waals surface area contributed by atoms with Crippen molar-refractivity contribution in [2.75, 3.05) is 41.1 Å². The second kappa shape index (κ2) is 7.79. The molecule has 0 aromatic heterocycles. The molecule has 0 saturated carbocycles. The average Bonchev–Trinajstić information content (AvgIpc) is 2.64. The van der Waals surface area contributed by atoms with E-state index >= 15 is 0 Å². The molecule has 7 heteroatoms. The van der Waals surface area contributed by atoms with Crippen LogP contribution < -0.4 is 14.9 Å². The molecular formula is C17H18ClN3O2S. The highest BCUT2D eigenvalue weighted by Crippen LogP contribution is 2.27. The number of hydrogen-bond donors (Lipinski definition) is 2. The van der Waals surface area contributed by atoms with Crippen LogP contribution in [0, 0.1) is 0 Å². The summed E-state index contributed by atoms with van der Waals surface area (Å²) in [6, 6.07) is 12.9. The Kier molecular flexibility index (Phi) is 5.50. The van der Waals surface area contributed by atoms with Gasteiger partial charge in [-0.1, -0.05) is 11.6 Å². The minimum Gasteiger partial charge on any atom is -0.387 e. The molecule has 2 aromatic carbocycles. The van der Waals surface area contributed by atoms with Gasteiger partial charge in [-0.3, -0.25) is 4.79 Å². The Morgan fingerprint density at radius 1 is 1.25 bits per heavy atom. The molecule has 24 heavy (non-hydrogen) atoms. The molecule has 0 spiro atoms. The van der Waals surface area contributed by atoms with Crippen molar-refractivity contribution in [2.24, 2.45) is 0 Å². The first-order chi connectivity index (χ1) is 11.7. The van der Waals surface area contributed by atoms with Gasteiger partial charge in [-0.25, -0.2) is 0 Å². The quantitative estimate of drug-likeness (QED) is 0.802. The van der Waals surface area contributed by atoms with Gasteiger partial charge in [0.15, 0.2) is 0 Å². The van der Waals surface area contributed by atoms with Crippen LogP contribution in [-0.2, 0) is 4.74 Å². The van der Waals surface area contributed by atoms with E-state index < -0.39 is 0 Å². The summed E-state index contributed by atoms with van der Waals surface area (Å²) < 4.78 is 7.49. The van der Waals surface area contributed by atoms with Crippen molar-refractivity contribution < 1.29 is 9.53 Å². The number of amides is 1. The van der Waals surface area contributed by atoms with Crippen LogP contribution in [0.3, 0.4) is 0 Å². The molecule has 0 unspecified atom stereocenters. The maximum Gasteiger partial charge on any atom is 0.255 e. The highest BCUT2D eigenvalue weighted by molar-refractivity contribution is 8.00. The van der Waals surface area contributed by atoms with Crippen LogP contribution in [-0.4, -0.2) is 32.0 Å². The van der Waals surface area contributed by atoms with Gasteiger partial charge >= 0.3 is 0 Å². The third-order valence-electron chi connectivity index (χ3n) is 3.64.